The molecular weight excluding hydrogens is 278 g/mol. The van der Waals surface area contributed by atoms with E-state index >= 15 is 0 Å². The van der Waals surface area contributed by atoms with Crippen molar-refractivity contribution in [3.63, 3.8) is 0 Å². The molecule has 6 nitrogen and oxygen atoms in total. The summed E-state index contributed by atoms with van der Waals surface area (Å²) in [6.07, 6.45) is 0. The molecule has 2 aromatic heterocycles. The SMILES string of the molecule is Cc1cc(C)n(-c2nc(-c3ccccc3)c(C#N)c(=O)[nH]2)n1. The zero-order valence-corrected chi connectivity index (χ0v) is 12.2. The molecule has 108 valence electrons. The molecule has 1 N–H and O–H groups in total. The number of aromatic amines is 1. The van der Waals surface area contributed by atoms with Crippen molar-refractivity contribution in [3.05, 3.63) is 63.7 Å². The number of hydrogen-bond acceptors (Lipinski definition) is 4. The minimum atomic E-state index is -0.473. The average Bonchev–Trinajstić information content (AvgIpc) is 2.86. The van der Waals surface area contributed by atoms with Gasteiger partial charge in [0.1, 0.15) is 11.6 Å². The molecule has 2 heterocycles. The van der Waals surface area contributed by atoms with E-state index in [0.29, 0.717) is 17.2 Å². The predicted molar refractivity (Wildman–Crippen MR) is 81.6 cm³/mol. The normalized spacial score (nSPS) is 10.4. The first-order valence-corrected chi connectivity index (χ1v) is 6.73. The summed E-state index contributed by atoms with van der Waals surface area (Å²) in [5, 5.41) is 13.6. The Morgan fingerprint density at radius 3 is 2.55 bits per heavy atom. The zero-order valence-electron chi connectivity index (χ0n) is 12.2. The van der Waals surface area contributed by atoms with E-state index in [0.717, 1.165) is 11.4 Å². The van der Waals surface area contributed by atoms with Gasteiger partial charge in [-0.05, 0) is 19.9 Å². The van der Waals surface area contributed by atoms with E-state index in [1.54, 1.807) is 4.68 Å². The van der Waals surface area contributed by atoms with E-state index in [1.165, 1.54) is 0 Å². The van der Waals surface area contributed by atoms with Crippen LogP contribution >= 0.6 is 0 Å². The van der Waals surface area contributed by atoms with Gasteiger partial charge < -0.3 is 0 Å². The largest absolute Gasteiger partial charge is 0.290 e. The highest BCUT2D eigenvalue weighted by molar-refractivity contribution is 5.66. The second-order valence-electron chi connectivity index (χ2n) is 4.93. The maximum atomic E-state index is 12.2. The lowest BCUT2D eigenvalue weighted by atomic mass is 10.1. The maximum Gasteiger partial charge on any atom is 0.270 e. The Morgan fingerprint density at radius 1 is 1.23 bits per heavy atom. The van der Waals surface area contributed by atoms with Crippen LogP contribution in [0.3, 0.4) is 0 Å². The molecule has 0 amide bonds. The second kappa shape index (κ2) is 5.30. The van der Waals surface area contributed by atoms with Gasteiger partial charge in [-0.2, -0.15) is 10.4 Å². The Hall–Kier alpha value is -3.20. The van der Waals surface area contributed by atoms with Gasteiger partial charge in [-0.3, -0.25) is 9.78 Å². The third-order valence-corrected chi connectivity index (χ3v) is 3.28. The predicted octanol–water partition coefficient (Wildman–Crippen LogP) is 2.11. The Bertz CT molecular complexity index is 931. The van der Waals surface area contributed by atoms with Crippen molar-refractivity contribution < 1.29 is 0 Å². The van der Waals surface area contributed by atoms with Crippen LogP contribution in [0.15, 0.2) is 41.2 Å². The Labute approximate surface area is 126 Å². The molecule has 0 fully saturated rings. The summed E-state index contributed by atoms with van der Waals surface area (Å²) in [5.41, 5.74) is 2.27. The third kappa shape index (κ3) is 2.29. The molecule has 22 heavy (non-hydrogen) atoms. The highest BCUT2D eigenvalue weighted by Gasteiger charge is 2.15. The molecule has 0 unspecified atom stereocenters. The van der Waals surface area contributed by atoms with Crippen molar-refractivity contribution in [2.75, 3.05) is 0 Å². The van der Waals surface area contributed by atoms with Crippen LogP contribution in [-0.4, -0.2) is 19.7 Å². The Morgan fingerprint density at radius 2 is 1.95 bits per heavy atom. The minimum Gasteiger partial charge on any atom is -0.290 e. The number of nitrogens with one attached hydrogen (secondary N) is 1. The molecular formula is C16H13N5O. The molecule has 3 aromatic rings. The monoisotopic (exact) mass is 291 g/mol. The maximum absolute atomic E-state index is 12.2. The Kier molecular flexibility index (Phi) is 3.31. The number of aryl methyl sites for hydroxylation is 2. The van der Waals surface area contributed by atoms with Gasteiger partial charge in [0.15, 0.2) is 0 Å². The summed E-state index contributed by atoms with van der Waals surface area (Å²) < 4.78 is 1.56. The molecule has 6 heteroatoms. The Balaban J connectivity index is 2.28. The topological polar surface area (TPSA) is 87.4 Å². The zero-order chi connectivity index (χ0) is 15.7. The fourth-order valence-corrected chi connectivity index (χ4v) is 2.31. The molecule has 0 saturated carbocycles. The van der Waals surface area contributed by atoms with Crippen LogP contribution in [0, 0.1) is 25.2 Å². The molecule has 0 aliphatic rings. The van der Waals surface area contributed by atoms with Crippen molar-refractivity contribution in [2.24, 2.45) is 0 Å². The van der Waals surface area contributed by atoms with Crippen molar-refractivity contribution >= 4 is 0 Å². The molecule has 1 aromatic carbocycles. The van der Waals surface area contributed by atoms with E-state index < -0.39 is 5.56 Å². The average molecular weight is 291 g/mol. The van der Waals surface area contributed by atoms with Crippen LogP contribution in [0.25, 0.3) is 17.2 Å². The number of nitriles is 1. The second-order valence-corrected chi connectivity index (χ2v) is 4.93. The summed E-state index contributed by atoms with van der Waals surface area (Å²) in [6, 6.07) is 13.0. The first kappa shape index (κ1) is 13.8. The lowest BCUT2D eigenvalue weighted by molar-refractivity contribution is 0.769. The number of rotatable bonds is 2. The van der Waals surface area contributed by atoms with Crippen LogP contribution < -0.4 is 5.56 Å². The standard InChI is InChI=1S/C16H13N5O/c1-10-8-11(2)21(20-10)16-18-14(12-6-4-3-5-7-12)13(9-17)15(22)19-16/h3-8H,1-2H3,(H,18,19,22). The summed E-state index contributed by atoms with van der Waals surface area (Å²) in [7, 11) is 0. The summed E-state index contributed by atoms with van der Waals surface area (Å²) in [4.78, 5) is 19.3. The van der Waals surface area contributed by atoms with Crippen LogP contribution in [0.4, 0.5) is 0 Å². The highest BCUT2D eigenvalue weighted by atomic mass is 16.1. The summed E-state index contributed by atoms with van der Waals surface area (Å²) >= 11 is 0. The van der Waals surface area contributed by atoms with Crippen molar-refractivity contribution in [3.8, 4) is 23.3 Å². The summed E-state index contributed by atoms with van der Waals surface area (Å²) in [6.45, 7) is 3.74. The fourth-order valence-electron chi connectivity index (χ4n) is 2.31. The molecule has 0 bridgehead atoms. The van der Waals surface area contributed by atoms with Gasteiger partial charge in [0.05, 0.1) is 11.4 Å². The number of H-pyrrole nitrogens is 1. The molecule has 0 radical (unpaired) electrons. The molecule has 0 aliphatic carbocycles. The van der Waals surface area contributed by atoms with Crippen molar-refractivity contribution in [1.82, 2.24) is 19.7 Å². The highest BCUT2D eigenvalue weighted by Crippen LogP contribution is 2.19. The summed E-state index contributed by atoms with van der Waals surface area (Å²) in [5.74, 6) is 0.299. The van der Waals surface area contributed by atoms with E-state index in [9.17, 15) is 10.1 Å². The van der Waals surface area contributed by atoms with Gasteiger partial charge in [-0.1, -0.05) is 30.3 Å². The first-order chi connectivity index (χ1) is 10.6. The van der Waals surface area contributed by atoms with E-state index in [4.69, 9.17) is 0 Å². The van der Waals surface area contributed by atoms with Gasteiger partial charge in [-0.25, -0.2) is 9.67 Å². The smallest absolute Gasteiger partial charge is 0.270 e. The number of benzene rings is 1. The van der Waals surface area contributed by atoms with Gasteiger partial charge in [0.2, 0.25) is 5.95 Å². The lowest BCUT2D eigenvalue weighted by Gasteiger charge is -2.07. The molecule has 0 spiro atoms. The van der Waals surface area contributed by atoms with Crippen LogP contribution in [0.2, 0.25) is 0 Å². The van der Waals surface area contributed by atoms with Gasteiger partial charge in [0.25, 0.3) is 5.56 Å². The van der Waals surface area contributed by atoms with Gasteiger partial charge >= 0.3 is 0 Å². The van der Waals surface area contributed by atoms with Gasteiger partial charge in [-0.15, -0.1) is 0 Å². The van der Waals surface area contributed by atoms with Crippen LogP contribution in [-0.2, 0) is 0 Å². The van der Waals surface area contributed by atoms with Crippen molar-refractivity contribution in [1.29, 1.82) is 5.26 Å². The van der Waals surface area contributed by atoms with Crippen LogP contribution in [0.1, 0.15) is 17.0 Å². The fraction of sp³-hybridized carbons (Fsp3) is 0.125. The van der Waals surface area contributed by atoms with E-state index in [-0.39, 0.29) is 5.56 Å². The molecule has 0 atom stereocenters. The van der Waals surface area contributed by atoms with E-state index in [1.807, 2.05) is 56.3 Å². The molecule has 3 rings (SSSR count). The number of hydrogen-bond donors (Lipinski definition) is 1. The molecule has 0 aliphatic heterocycles. The quantitative estimate of drug-likeness (QED) is 0.783. The lowest BCUT2D eigenvalue weighted by Crippen LogP contribution is -2.19. The van der Waals surface area contributed by atoms with Gasteiger partial charge in [0, 0.05) is 11.3 Å². The third-order valence-electron chi connectivity index (χ3n) is 3.28. The van der Waals surface area contributed by atoms with Crippen LogP contribution in [0.5, 0.6) is 0 Å². The van der Waals surface area contributed by atoms with Crippen molar-refractivity contribution in [2.45, 2.75) is 13.8 Å². The molecule has 0 saturated heterocycles. The first-order valence-electron chi connectivity index (χ1n) is 6.73. The number of aromatic nitrogens is 4. The van der Waals surface area contributed by atoms with E-state index in [2.05, 4.69) is 15.1 Å². The number of nitrogens with zero attached hydrogens (tertiary/aromatic N) is 4. The minimum absolute atomic E-state index is 0.00326.